The first-order valence-corrected chi connectivity index (χ1v) is 7.60. The van der Waals surface area contributed by atoms with Crippen molar-refractivity contribution in [3.8, 4) is 0 Å². The van der Waals surface area contributed by atoms with Crippen LogP contribution < -0.4 is 5.32 Å². The summed E-state index contributed by atoms with van der Waals surface area (Å²) in [6, 6.07) is 4.66. The molecule has 0 saturated heterocycles. The third-order valence-electron chi connectivity index (χ3n) is 3.65. The average Bonchev–Trinajstić information content (AvgIpc) is 3.23. The van der Waals surface area contributed by atoms with Gasteiger partial charge in [-0.25, -0.2) is 4.39 Å². The Morgan fingerprint density at radius 1 is 1.45 bits per heavy atom. The molecule has 116 valence electrons. The summed E-state index contributed by atoms with van der Waals surface area (Å²) in [5.41, 5.74) is 0.299. The first kappa shape index (κ1) is 15.0. The van der Waals surface area contributed by atoms with Crippen molar-refractivity contribution >= 4 is 17.5 Å². The van der Waals surface area contributed by atoms with Gasteiger partial charge in [0.1, 0.15) is 18.0 Å². The van der Waals surface area contributed by atoms with Gasteiger partial charge in [-0.15, -0.1) is 10.2 Å². The number of hydrogen-bond acceptors (Lipinski definition) is 3. The van der Waals surface area contributed by atoms with E-state index in [2.05, 4.69) is 15.5 Å². The summed E-state index contributed by atoms with van der Waals surface area (Å²) in [6.45, 7) is 1.07. The van der Waals surface area contributed by atoms with E-state index in [-0.39, 0.29) is 17.4 Å². The molecule has 1 aliphatic rings. The van der Waals surface area contributed by atoms with Crippen molar-refractivity contribution in [3.63, 3.8) is 0 Å². The molecule has 3 rings (SSSR count). The molecule has 2 aromatic rings. The lowest BCUT2D eigenvalue weighted by Gasteiger charge is -2.08. The van der Waals surface area contributed by atoms with Gasteiger partial charge < -0.3 is 9.88 Å². The van der Waals surface area contributed by atoms with Gasteiger partial charge in [0.2, 0.25) is 5.91 Å². The van der Waals surface area contributed by atoms with E-state index in [0.717, 1.165) is 18.7 Å². The van der Waals surface area contributed by atoms with Gasteiger partial charge in [-0.3, -0.25) is 4.79 Å². The Morgan fingerprint density at radius 3 is 3.05 bits per heavy atom. The highest BCUT2D eigenvalue weighted by atomic mass is 35.5. The van der Waals surface area contributed by atoms with E-state index in [4.69, 9.17) is 11.6 Å². The molecule has 0 atom stereocenters. The summed E-state index contributed by atoms with van der Waals surface area (Å²) in [5.74, 6) is 0.727. The topological polar surface area (TPSA) is 59.8 Å². The fraction of sp³-hybridized carbons (Fsp3) is 0.400. The number of hydrogen-bond donors (Lipinski definition) is 1. The second-order valence-corrected chi connectivity index (χ2v) is 5.80. The molecule has 22 heavy (non-hydrogen) atoms. The molecule has 1 saturated carbocycles. The summed E-state index contributed by atoms with van der Waals surface area (Å²) >= 11 is 5.70. The van der Waals surface area contributed by atoms with Crippen LogP contribution in [0.3, 0.4) is 0 Å². The minimum atomic E-state index is -0.533. The number of amides is 1. The van der Waals surface area contributed by atoms with Gasteiger partial charge >= 0.3 is 0 Å². The lowest BCUT2D eigenvalue weighted by Crippen LogP contribution is -2.29. The van der Waals surface area contributed by atoms with Crippen LogP contribution in [0, 0.1) is 5.82 Å². The van der Waals surface area contributed by atoms with Crippen LogP contribution in [-0.4, -0.2) is 27.2 Å². The number of halogens is 2. The number of carbonyl (C=O) groups is 1. The highest BCUT2D eigenvalue weighted by molar-refractivity contribution is 6.30. The molecule has 0 spiro atoms. The normalized spacial score (nSPS) is 14.1. The van der Waals surface area contributed by atoms with Crippen molar-refractivity contribution in [3.05, 3.63) is 46.8 Å². The highest BCUT2D eigenvalue weighted by Gasteiger charge is 2.28. The third-order valence-corrected chi connectivity index (χ3v) is 3.94. The largest absolute Gasteiger partial charge is 0.354 e. The molecule has 0 aliphatic heterocycles. The first-order chi connectivity index (χ1) is 10.6. The zero-order valence-electron chi connectivity index (χ0n) is 11.9. The van der Waals surface area contributed by atoms with Gasteiger partial charge in [-0.2, -0.15) is 0 Å². The number of aromatic nitrogens is 3. The van der Waals surface area contributed by atoms with Crippen LogP contribution in [0.4, 0.5) is 4.39 Å². The van der Waals surface area contributed by atoms with E-state index in [1.807, 2.05) is 4.57 Å². The molecule has 1 aliphatic carbocycles. The first-order valence-electron chi connectivity index (χ1n) is 7.22. The summed E-state index contributed by atoms with van der Waals surface area (Å²) in [7, 11) is 0. The Bertz CT molecular complexity index is 684. The zero-order valence-corrected chi connectivity index (χ0v) is 12.7. The van der Waals surface area contributed by atoms with E-state index in [1.54, 1.807) is 18.5 Å². The molecule has 0 bridgehead atoms. The van der Waals surface area contributed by atoms with Gasteiger partial charge in [-0.1, -0.05) is 23.7 Å². The molecule has 1 aromatic heterocycles. The summed E-state index contributed by atoms with van der Waals surface area (Å²) in [4.78, 5) is 11.9. The minimum Gasteiger partial charge on any atom is -0.354 e. The Hall–Kier alpha value is -1.95. The molecule has 5 nitrogen and oxygen atoms in total. The number of carbonyl (C=O) groups excluding carboxylic acids is 1. The fourth-order valence-corrected chi connectivity index (χ4v) is 2.52. The average molecular weight is 323 g/mol. The van der Waals surface area contributed by atoms with Crippen LogP contribution in [0.5, 0.6) is 0 Å². The molecular formula is C15H16ClFN4O. The van der Waals surface area contributed by atoms with E-state index in [0.29, 0.717) is 24.6 Å². The van der Waals surface area contributed by atoms with E-state index in [9.17, 15) is 9.18 Å². The molecule has 7 heteroatoms. The molecule has 0 radical (unpaired) electrons. The predicted octanol–water partition coefficient (Wildman–Crippen LogP) is 2.31. The second kappa shape index (κ2) is 6.44. The number of nitrogens with one attached hydrogen (secondary N) is 1. The lowest BCUT2D eigenvalue weighted by atomic mass is 10.1. The van der Waals surface area contributed by atoms with Gasteiger partial charge in [0.25, 0.3) is 0 Å². The molecule has 1 fully saturated rings. The quantitative estimate of drug-likeness (QED) is 0.887. The van der Waals surface area contributed by atoms with Crippen molar-refractivity contribution in [2.24, 2.45) is 0 Å². The van der Waals surface area contributed by atoms with E-state index >= 15 is 0 Å². The molecule has 1 amide bonds. The monoisotopic (exact) mass is 322 g/mol. The molecule has 1 aromatic carbocycles. The molecule has 0 unspecified atom stereocenters. The van der Waals surface area contributed by atoms with Crippen LogP contribution in [0.2, 0.25) is 5.02 Å². The summed E-state index contributed by atoms with van der Waals surface area (Å²) < 4.78 is 15.7. The summed E-state index contributed by atoms with van der Waals surface area (Å²) in [6.07, 6.45) is 3.96. The van der Waals surface area contributed by atoms with Crippen LogP contribution in [-0.2, 0) is 17.8 Å². The molecule has 1 N–H and O–H groups in total. The maximum absolute atomic E-state index is 13.7. The van der Waals surface area contributed by atoms with Crippen LogP contribution >= 0.6 is 11.6 Å². The Kier molecular flexibility index (Phi) is 4.38. The van der Waals surface area contributed by atoms with E-state index in [1.165, 1.54) is 6.07 Å². The Balaban J connectivity index is 1.50. The number of nitrogens with zero attached hydrogens (tertiary/aromatic N) is 3. The van der Waals surface area contributed by atoms with Crippen molar-refractivity contribution < 1.29 is 9.18 Å². The van der Waals surface area contributed by atoms with Gasteiger partial charge in [0, 0.05) is 19.0 Å². The van der Waals surface area contributed by atoms with Crippen LogP contribution in [0.1, 0.15) is 30.1 Å². The zero-order chi connectivity index (χ0) is 15.5. The van der Waals surface area contributed by atoms with Crippen LogP contribution in [0.15, 0.2) is 24.5 Å². The molecular weight excluding hydrogens is 307 g/mol. The standard InChI is InChI=1S/C15H16ClFN4O/c16-12-3-1-2-11(14(12)17)8-13(22)18-6-7-21-9-19-20-15(21)10-4-5-10/h1-3,9-10H,4-8H2,(H,18,22). The smallest absolute Gasteiger partial charge is 0.224 e. The van der Waals surface area contributed by atoms with Crippen LogP contribution in [0.25, 0.3) is 0 Å². The van der Waals surface area contributed by atoms with Gasteiger partial charge in [0.15, 0.2) is 0 Å². The van der Waals surface area contributed by atoms with Crippen molar-refractivity contribution in [2.75, 3.05) is 6.54 Å². The predicted molar refractivity (Wildman–Crippen MR) is 80.1 cm³/mol. The minimum absolute atomic E-state index is 0.0238. The maximum atomic E-state index is 13.7. The Labute approximate surface area is 132 Å². The summed E-state index contributed by atoms with van der Waals surface area (Å²) in [5, 5.41) is 10.8. The second-order valence-electron chi connectivity index (χ2n) is 5.40. The van der Waals surface area contributed by atoms with Crippen molar-refractivity contribution in [1.82, 2.24) is 20.1 Å². The van der Waals surface area contributed by atoms with Crippen molar-refractivity contribution in [2.45, 2.75) is 31.7 Å². The Morgan fingerprint density at radius 2 is 2.27 bits per heavy atom. The number of rotatable bonds is 6. The van der Waals surface area contributed by atoms with Crippen molar-refractivity contribution in [1.29, 1.82) is 0 Å². The molecule has 1 heterocycles. The highest BCUT2D eigenvalue weighted by Crippen LogP contribution is 2.38. The number of benzene rings is 1. The third kappa shape index (κ3) is 3.44. The SMILES string of the molecule is O=C(Cc1cccc(Cl)c1F)NCCn1cnnc1C1CC1. The fourth-order valence-electron chi connectivity index (χ4n) is 2.33. The maximum Gasteiger partial charge on any atom is 0.224 e. The van der Waals surface area contributed by atoms with E-state index < -0.39 is 5.82 Å². The van der Waals surface area contributed by atoms with Gasteiger partial charge in [-0.05, 0) is 24.5 Å². The van der Waals surface area contributed by atoms with Gasteiger partial charge in [0.05, 0.1) is 11.4 Å². The lowest BCUT2D eigenvalue weighted by molar-refractivity contribution is -0.120.